The fourth-order valence-electron chi connectivity index (χ4n) is 3.88. The summed E-state index contributed by atoms with van der Waals surface area (Å²) in [6, 6.07) is 4.77. The van der Waals surface area contributed by atoms with E-state index in [2.05, 4.69) is 4.40 Å². The number of amides is 1. The third-order valence-corrected chi connectivity index (χ3v) is 6.82. The Balaban J connectivity index is 1.88. The molecule has 0 N–H and O–H groups in total. The summed E-state index contributed by atoms with van der Waals surface area (Å²) < 4.78 is 36.4. The monoisotopic (exact) mass is 422 g/mol. The summed E-state index contributed by atoms with van der Waals surface area (Å²) in [5.74, 6) is -0.318. The number of ether oxygens (including phenoxy) is 1. The molecule has 29 heavy (non-hydrogen) atoms. The number of benzene rings is 1. The second kappa shape index (κ2) is 7.58. The number of halogens is 1. The molecule has 0 bridgehead atoms. The Bertz CT molecular complexity index is 818. The second-order valence-electron chi connectivity index (χ2n) is 10.0. The Kier molecular flexibility index (Phi) is 5.78. The van der Waals surface area contributed by atoms with Gasteiger partial charge in [-0.25, -0.2) is 9.18 Å². The number of fused-ring (bicyclic) bond motifs is 1. The first kappa shape index (κ1) is 22.1. The Hall–Kier alpha value is -1.60. The lowest BCUT2D eigenvalue weighted by molar-refractivity contribution is 0.0159. The van der Waals surface area contributed by atoms with E-state index in [1.54, 1.807) is 11.0 Å². The van der Waals surface area contributed by atoms with Gasteiger partial charge in [-0.1, -0.05) is 10.5 Å². The molecule has 0 unspecified atom stereocenters. The maximum Gasteiger partial charge on any atom is 0.410 e. The van der Waals surface area contributed by atoms with E-state index in [1.807, 2.05) is 41.5 Å². The number of piperidine rings is 1. The van der Waals surface area contributed by atoms with Crippen molar-refractivity contribution in [2.75, 3.05) is 13.1 Å². The van der Waals surface area contributed by atoms with E-state index >= 15 is 0 Å². The van der Waals surface area contributed by atoms with Crippen LogP contribution in [-0.2, 0) is 22.5 Å². The van der Waals surface area contributed by atoms with Gasteiger partial charge in [0.1, 0.15) is 33.2 Å². The Labute approximate surface area is 176 Å². The van der Waals surface area contributed by atoms with Gasteiger partial charge in [0.05, 0.1) is 0 Å². The smallest absolute Gasteiger partial charge is 0.410 e. The summed E-state index contributed by atoms with van der Waals surface area (Å²) in [7, 11) is 0. The van der Waals surface area contributed by atoms with Crippen LogP contribution < -0.4 is 0 Å². The zero-order valence-electron chi connectivity index (χ0n) is 18.2. The van der Waals surface area contributed by atoms with Crippen LogP contribution in [0.3, 0.4) is 0 Å². The summed E-state index contributed by atoms with van der Waals surface area (Å²) in [6.45, 7) is 12.3. The Morgan fingerprint density at radius 2 is 1.83 bits per heavy atom. The predicted molar refractivity (Wildman–Crippen MR) is 114 cm³/mol. The molecular formula is C22H31FN2O3S. The summed E-state index contributed by atoms with van der Waals surface area (Å²) in [5, 5.41) is 0. The summed E-state index contributed by atoms with van der Waals surface area (Å²) in [5.41, 5.74) is 1.65. The predicted octanol–water partition coefficient (Wildman–Crippen LogP) is 4.65. The first-order valence-corrected chi connectivity index (χ1v) is 11.2. The molecule has 1 heterocycles. The largest absolute Gasteiger partial charge is 0.591 e. The van der Waals surface area contributed by atoms with Crippen LogP contribution in [0.4, 0.5) is 9.18 Å². The highest BCUT2D eigenvalue weighted by atomic mass is 32.2. The minimum absolute atomic E-state index is 0.314. The maximum absolute atomic E-state index is 14.0. The highest BCUT2D eigenvalue weighted by Gasteiger charge is 2.48. The maximum atomic E-state index is 14.0. The van der Waals surface area contributed by atoms with Gasteiger partial charge >= 0.3 is 6.09 Å². The number of likely N-dealkylation sites (tertiary alicyclic amines) is 1. The van der Waals surface area contributed by atoms with E-state index in [4.69, 9.17) is 4.74 Å². The molecule has 1 aliphatic carbocycles. The molecular weight excluding hydrogens is 391 g/mol. The molecule has 1 aliphatic heterocycles. The first-order chi connectivity index (χ1) is 13.3. The third kappa shape index (κ3) is 4.77. The Morgan fingerprint density at radius 1 is 1.21 bits per heavy atom. The van der Waals surface area contributed by atoms with E-state index in [0.717, 1.165) is 23.3 Å². The van der Waals surface area contributed by atoms with Crippen molar-refractivity contribution in [1.29, 1.82) is 0 Å². The van der Waals surface area contributed by atoms with Crippen LogP contribution in [0.2, 0.25) is 0 Å². The zero-order valence-corrected chi connectivity index (χ0v) is 19.0. The molecule has 1 saturated heterocycles. The molecule has 1 fully saturated rings. The highest BCUT2D eigenvalue weighted by Crippen LogP contribution is 2.46. The molecule has 0 saturated carbocycles. The van der Waals surface area contributed by atoms with E-state index < -0.39 is 21.7 Å². The minimum atomic E-state index is -1.44. The second-order valence-corrected chi connectivity index (χ2v) is 11.9. The van der Waals surface area contributed by atoms with Crippen molar-refractivity contribution in [3.63, 3.8) is 0 Å². The number of hydrogen-bond acceptors (Lipinski definition) is 4. The number of carbonyl (C=O) groups is 1. The SMILES string of the molecule is CC(C)(C)OC(=O)N1CCC2(CC1)Cc1ccc(F)cc1/C2=N/[S@+]([O-])C(C)(C)C. The van der Waals surface area contributed by atoms with Crippen molar-refractivity contribution < 1.29 is 18.5 Å². The third-order valence-electron chi connectivity index (χ3n) is 5.43. The van der Waals surface area contributed by atoms with Gasteiger partial charge in [0.2, 0.25) is 0 Å². The number of hydrogen-bond donors (Lipinski definition) is 0. The summed E-state index contributed by atoms with van der Waals surface area (Å²) in [6.07, 6.45) is 1.78. The van der Waals surface area contributed by atoms with Crippen molar-refractivity contribution >= 4 is 23.2 Å². The van der Waals surface area contributed by atoms with Crippen molar-refractivity contribution in [3.8, 4) is 0 Å². The summed E-state index contributed by atoms with van der Waals surface area (Å²) >= 11 is -1.44. The normalized spacial score (nSPS) is 21.4. The topological polar surface area (TPSA) is 65.0 Å². The standard InChI is InChI=1S/C22H31FN2O3S/c1-20(2,3)28-19(26)25-11-9-22(10-12-25)14-15-7-8-16(23)13-17(15)18(22)24-29(27)21(4,5)6/h7-8,13H,9-12,14H2,1-6H3/b24-18-/t29-/m1/s1. The van der Waals surface area contributed by atoms with Crippen molar-refractivity contribution in [1.82, 2.24) is 4.90 Å². The number of carbonyl (C=O) groups excluding carboxylic acids is 1. The molecule has 1 aromatic carbocycles. The number of nitrogens with zero attached hydrogens (tertiary/aromatic N) is 2. The van der Waals surface area contributed by atoms with Crippen LogP contribution in [0.25, 0.3) is 0 Å². The lowest BCUT2D eigenvalue weighted by Gasteiger charge is -2.39. The van der Waals surface area contributed by atoms with Crippen LogP contribution in [-0.4, -0.2) is 44.7 Å². The van der Waals surface area contributed by atoms with Crippen molar-refractivity contribution in [2.45, 2.75) is 71.2 Å². The molecule has 1 atom stereocenters. The fourth-order valence-corrected chi connectivity index (χ4v) is 4.61. The van der Waals surface area contributed by atoms with Gasteiger partial charge in [-0.2, -0.15) is 0 Å². The zero-order chi connectivity index (χ0) is 21.6. The fraction of sp³-hybridized carbons (Fsp3) is 0.636. The lowest BCUT2D eigenvalue weighted by Crippen LogP contribution is -2.47. The molecule has 1 amide bonds. The molecule has 3 rings (SSSR count). The Morgan fingerprint density at radius 3 is 2.38 bits per heavy atom. The molecule has 0 radical (unpaired) electrons. The van der Waals surface area contributed by atoms with Gasteiger partial charge in [-0.3, -0.25) is 0 Å². The molecule has 2 aliphatic rings. The van der Waals surface area contributed by atoms with E-state index in [0.29, 0.717) is 25.9 Å². The lowest BCUT2D eigenvalue weighted by atomic mass is 9.74. The van der Waals surface area contributed by atoms with E-state index in [9.17, 15) is 13.7 Å². The van der Waals surface area contributed by atoms with Crippen molar-refractivity contribution in [2.24, 2.45) is 9.81 Å². The molecule has 1 aromatic rings. The van der Waals surface area contributed by atoms with Gasteiger partial charge in [0.25, 0.3) is 0 Å². The quantitative estimate of drug-likeness (QED) is 0.619. The van der Waals surface area contributed by atoms with Gasteiger partial charge < -0.3 is 14.2 Å². The van der Waals surface area contributed by atoms with Crippen LogP contribution in [0, 0.1) is 11.2 Å². The van der Waals surface area contributed by atoms with Crippen LogP contribution >= 0.6 is 0 Å². The first-order valence-electron chi connectivity index (χ1n) is 10.1. The van der Waals surface area contributed by atoms with Crippen LogP contribution in [0.15, 0.2) is 22.6 Å². The number of rotatable bonds is 1. The van der Waals surface area contributed by atoms with E-state index in [1.165, 1.54) is 12.1 Å². The average molecular weight is 423 g/mol. The molecule has 1 spiro atoms. The molecule has 5 nitrogen and oxygen atoms in total. The van der Waals surface area contributed by atoms with Crippen LogP contribution in [0.1, 0.15) is 65.5 Å². The van der Waals surface area contributed by atoms with E-state index in [-0.39, 0.29) is 17.3 Å². The van der Waals surface area contributed by atoms with Crippen molar-refractivity contribution in [3.05, 3.63) is 35.1 Å². The van der Waals surface area contributed by atoms with Gasteiger partial charge in [-0.15, -0.1) is 0 Å². The molecule has 160 valence electrons. The van der Waals surface area contributed by atoms with Gasteiger partial charge in [0.15, 0.2) is 0 Å². The van der Waals surface area contributed by atoms with Gasteiger partial charge in [0, 0.05) is 24.1 Å². The summed E-state index contributed by atoms with van der Waals surface area (Å²) in [4.78, 5) is 14.2. The van der Waals surface area contributed by atoms with Crippen LogP contribution in [0.5, 0.6) is 0 Å². The minimum Gasteiger partial charge on any atom is -0.591 e. The average Bonchev–Trinajstić information content (AvgIpc) is 2.86. The highest BCUT2D eigenvalue weighted by molar-refractivity contribution is 7.91. The molecule has 0 aromatic heterocycles. The van der Waals surface area contributed by atoms with Gasteiger partial charge in [-0.05, 0) is 78.5 Å². The molecule has 7 heteroatoms.